The number of methoxy groups -OCH3 is 2. The number of fused-ring (bicyclic) bond motifs is 6. The molecule has 18 heterocycles. The number of hydrogen-bond acceptors (Lipinski definition) is 22. The summed E-state index contributed by atoms with van der Waals surface area (Å²) in [5.74, 6) is 0.487. The van der Waals surface area contributed by atoms with E-state index in [4.69, 9.17) is 63.3 Å². The lowest BCUT2D eigenvalue weighted by atomic mass is 9.49. The summed E-state index contributed by atoms with van der Waals surface area (Å²) in [5.41, 5.74) is 4.39. The average Bonchev–Trinajstić information content (AvgIpc) is 1.40. The molecule has 0 spiro atoms. The number of ether oxygens (including phenoxy) is 2. The lowest BCUT2D eigenvalue weighted by molar-refractivity contribution is 0.00578. The lowest BCUT2D eigenvalue weighted by Gasteiger charge is -2.32. The first-order valence-electron chi connectivity index (χ1n) is 41.7. The molecule has 0 atom stereocenters. The number of halogens is 6. The lowest BCUT2D eigenvalue weighted by Crippen LogP contribution is -2.41. The van der Waals surface area contributed by atoms with Gasteiger partial charge in [0.15, 0.2) is 45.9 Å². The summed E-state index contributed by atoms with van der Waals surface area (Å²) in [6.45, 7) is 46.6. The molecule has 0 bridgehead atoms. The molecule has 2 N–H and O–H groups in total. The van der Waals surface area contributed by atoms with Gasteiger partial charge >= 0.3 is 28.3 Å². The maximum atomic E-state index is 14.5. The zero-order valence-corrected chi connectivity index (χ0v) is 77.0. The topological polar surface area (TPSA) is 285 Å². The van der Waals surface area contributed by atoms with E-state index in [9.17, 15) is 27.2 Å². The van der Waals surface area contributed by atoms with Crippen LogP contribution >= 0.6 is 27.5 Å². The number of nitrogens with one attached hydrogen (secondary N) is 2. The summed E-state index contributed by atoms with van der Waals surface area (Å²) in [7, 11) is 1.34. The quantitative estimate of drug-likeness (QED) is 0.0653. The molecule has 28 nitrogen and oxygen atoms in total. The summed E-state index contributed by atoms with van der Waals surface area (Å²) in [6.07, 6.45) is 21.3. The van der Waals surface area contributed by atoms with Crippen molar-refractivity contribution in [2.45, 2.75) is 221 Å². The highest BCUT2D eigenvalue weighted by Gasteiger charge is 2.64. The first-order chi connectivity index (χ1) is 58.1. The van der Waals surface area contributed by atoms with Crippen molar-refractivity contribution in [3.63, 3.8) is 0 Å². The normalized spacial score (nSPS) is 19.5. The molecular weight excluding hydrogens is 1680 g/mol. The fraction of sp³-hybridized carbons (Fsp3) is 0.512. The molecule has 0 saturated carbocycles. The molecule has 6 fully saturated rings. The van der Waals surface area contributed by atoms with Crippen molar-refractivity contribution in [3.8, 4) is 11.3 Å². The molecule has 6 aliphatic rings. The number of aromatic nitrogens is 14. The van der Waals surface area contributed by atoms with Crippen LogP contribution in [0, 0.1) is 51.0 Å². The summed E-state index contributed by atoms with van der Waals surface area (Å²) >= 11 is 9.03. The van der Waals surface area contributed by atoms with Gasteiger partial charge in [-0.15, -0.1) is 0 Å². The van der Waals surface area contributed by atoms with E-state index in [1.54, 1.807) is 106 Å². The number of H-pyrrole nitrogens is 2. The number of imidazole rings is 4. The smallest absolute Gasteiger partial charge is 0.405 e. The second kappa shape index (κ2) is 36.4. The van der Waals surface area contributed by atoms with Crippen LogP contribution in [0.5, 0.6) is 0 Å². The Kier molecular flexibility index (Phi) is 27.4. The third-order valence-electron chi connectivity index (χ3n) is 25.0. The molecule has 12 aromatic rings. The van der Waals surface area contributed by atoms with Crippen molar-refractivity contribution in [2.24, 2.45) is 0 Å². The van der Waals surface area contributed by atoms with E-state index in [1.165, 1.54) is 24.3 Å². The Bertz CT molecular complexity index is 5800. The van der Waals surface area contributed by atoms with Gasteiger partial charge in [0.05, 0.1) is 121 Å². The van der Waals surface area contributed by atoms with Crippen molar-refractivity contribution in [2.75, 3.05) is 66.7 Å². The van der Waals surface area contributed by atoms with Gasteiger partial charge in [-0.3, -0.25) is 14.6 Å². The zero-order chi connectivity index (χ0) is 89.9. The highest BCUT2D eigenvalue weighted by Crippen LogP contribution is 2.44. The van der Waals surface area contributed by atoms with Crippen molar-refractivity contribution in [1.82, 2.24) is 77.2 Å². The van der Waals surface area contributed by atoms with E-state index in [2.05, 4.69) is 70.6 Å². The Balaban J connectivity index is 0.000000131. The number of piperidine rings is 2. The van der Waals surface area contributed by atoms with E-state index < -0.39 is 56.5 Å². The number of nitrogens with zero attached hydrogens (tertiary/aromatic N) is 14. The molecule has 660 valence electrons. The minimum absolute atomic E-state index is 0.147. The standard InChI is InChI=1S/C23H25FN6O2.C15H19ClN4O2.2C14H18BFN2O2.C12H24B2O4.C8H6BrFN2/c1-14-12-30-13-16(9-18(24)22(30)26-14)19-10-17-20(11-25-19)27-21(28-23(17)31)15-3-5-29(6-4-15)7-8-32-2;1-22-7-6-20-4-2-10(3-5-20)14-18-12-9-17-13(16)8-11(12)15(21)19-14;2*1-9-7-18-8-10(6-11(16)12(18)17-9)15-19-13(2,3)14(4,5)20-15;1-9(2)10(3,4)16-13(15-9)14-17-11(5,6)12(7,8)18-14;1-5-3-12-4-6(9)2-7(10)8(12)11-5/h9-13,15H,3-8H2,1-2H3,(H,27,28,31);8-10H,2-7H2,1H3,(H,18,19,21);2*6-8H,1-5H3;1-8H3;2-4H,1H3. The van der Waals surface area contributed by atoms with Crippen LogP contribution in [0.4, 0.5) is 17.6 Å². The van der Waals surface area contributed by atoms with Crippen LogP contribution in [-0.4, -0.2) is 217 Å². The third kappa shape index (κ3) is 20.4. The van der Waals surface area contributed by atoms with Crippen molar-refractivity contribution in [1.29, 1.82) is 0 Å². The Morgan fingerprint density at radius 3 is 1.13 bits per heavy atom. The van der Waals surface area contributed by atoms with Crippen LogP contribution < -0.4 is 22.0 Å². The molecule has 0 unspecified atom stereocenters. The van der Waals surface area contributed by atoms with Gasteiger partial charge < -0.3 is 84.1 Å². The molecule has 0 aliphatic carbocycles. The first kappa shape index (κ1) is 93.3. The highest BCUT2D eigenvalue weighted by molar-refractivity contribution is 9.10. The summed E-state index contributed by atoms with van der Waals surface area (Å²) in [4.78, 5) is 69.9. The maximum absolute atomic E-state index is 14.5. The van der Waals surface area contributed by atoms with Gasteiger partial charge in [0.1, 0.15) is 16.8 Å². The SMILES string of the molecule is CC1(C)OB(B2OC(C)(C)C(C)(C)O2)OC1(C)C.COCCN1CCC(c2nc3cnc(-c4cc(F)c5nc(C)cn5c4)cc3c(=O)[nH]2)CC1.COCCN1CCC(c2nc3cnc(Cl)cc3c(=O)[nH]2)CC1.Cc1cn2cc(B3OC(C)(C)C(C)(C)O3)cc(F)c2n1.Cc1cn2cc(B3OC(C)(C)C(C)(C)O3)cc(F)c2n1.Cc1cn2cc(Br)cc(F)c2n1. The van der Waals surface area contributed by atoms with Gasteiger partial charge in [-0.1, -0.05) is 11.6 Å². The van der Waals surface area contributed by atoms with Gasteiger partial charge in [-0.25, -0.2) is 52.4 Å². The highest BCUT2D eigenvalue weighted by atomic mass is 79.9. The van der Waals surface area contributed by atoms with Crippen LogP contribution in [0.1, 0.15) is 183 Å². The molecule has 0 aromatic carbocycles. The Morgan fingerprint density at radius 2 is 0.758 bits per heavy atom. The van der Waals surface area contributed by atoms with Gasteiger partial charge in [0.25, 0.3) is 11.1 Å². The Hall–Kier alpha value is -8.39. The van der Waals surface area contributed by atoms with Crippen molar-refractivity contribution in [3.05, 3.63) is 186 Å². The van der Waals surface area contributed by atoms with Crippen LogP contribution in [0.15, 0.2) is 112 Å². The Labute approximate surface area is 733 Å². The molecule has 0 radical (unpaired) electrons. The number of aryl methyl sites for hydroxylation is 4. The minimum atomic E-state index is -0.568. The fourth-order valence-corrected chi connectivity index (χ4v) is 15.6. The number of pyridine rings is 6. The fourth-order valence-electron chi connectivity index (χ4n) is 15.0. The predicted octanol–water partition coefficient (Wildman–Crippen LogP) is 13.7. The van der Waals surface area contributed by atoms with E-state index in [1.807, 2.05) is 138 Å². The summed E-state index contributed by atoms with van der Waals surface area (Å²) in [5, 5.41) is 1.24. The molecule has 18 rings (SSSR count). The number of aromatic amines is 2. The average molecular weight is 1790 g/mol. The van der Waals surface area contributed by atoms with E-state index >= 15 is 0 Å². The van der Waals surface area contributed by atoms with E-state index in [-0.39, 0.29) is 68.5 Å². The molecule has 6 aliphatic heterocycles. The van der Waals surface area contributed by atoms with Gasteiger partial charge in [0.2, 0.25) is 0 Å². The van der Waals surface area contributed by atoms with Crippen molar-refractivity contribution >= 4 is 111 Å². The van der Waals surface area contributed by atoms with E-state index in [0.29, 0.717) is 76.4 Å². The molecule has 38 heteroatoms. The van der Waals surface area contributed by atoms with Crippen molar-refractivity contribution < 1.29 is 64.3 Å². The zero-order valence-electron chi connectivity index (χ0n) is 74.6. The van der Waals surface area contributed by atoms with E-state index in [0.717, 1.165) is 107 Å². The summed E-state index contributed by atoms with van der Waals surface area (Å²) < 4.78 is 121. The van der Waals surface area contributed by atoms with Crippen LogP contribution in [0.25, 0.3) is 55.7 Å². The molecule has 12 aromatic heterocycles. The monoisotopic (exact) mass is 1790 g/mol. The minimum Gasteiger partial charge on any atom is -0.405 e. The molecule has 0 amide bonds. The number of rotatable bonds is 12. The Morgan fingerprint density at radius 1 is 0.435 bits per heavy atom. The number of hydrogen-bond donors (Lipinski definition) is 2. The molecule has 6 saturated heterocycles. The largest absolute Gasteiger partial charge is 0.496 e. The van der Waals surface area contributed by atoms with Crippen LogP contribution in [0.2, 0.25) is 5.15 Å². The first-order valence-corrected chi connectivity index (χ1v) is 42.9. The second-order valence-electron chi connectivity index (χ2n) is 36.4. The third-order valence-corrected chi connectivity index (χ3v) is 25.6. The number of likely N-dealkylation sites (tertiary alicyclic amines) is 2. The van der Waals surface area contributed by atoms with Gasteiger partial charge in [-0.05, 0) is 243 Å². The molecular formula is C86H110B4BrClF4N16O12. The van der Waals surface area contributed by atoms with Gasteiger partial charge in [-0.2, -0.15) is 0 Å². The second-order valence-corrected chi connectivity index (χ2v) is 37.7. The summed E-state index contributed by atoms with van der Waals surface area (Å²) in [6, 6.07) is 8.89. The predicted molar refractivity (Wildman–Crippen MR) is 476 cm³/mol. The molecule has 124 heavy (non-hydrogen) atoms. The van der Waals surface area contributed by atoms with Gasteiger partial charge in [0, 0.05) is 110 Å². The van der Waals surface area contributed by atoms with Crippen LogP contribution in [-0.2, 0) is 46.7 Å². The maximum Gasteiger partial charge on any atom is 0.496 e. The van der Waals surface area contributed by atoms with Crippen LogP contribution in [0.3, 0.4) is 0 Å².